The van der Waals surface area contributed by atoms with Gasteiger partial charge in [-0.3, -0.25) is 4.79 Å². The van der Waals surface area contributed by atoms with Crippen LogP contribution < -0.4 is 4.74 Å². The van der Waals surface area contributed by atoms with Gasteiger partial charge in [-0.1, -0.05) is 25.6 Å². The van der Waals surface area contributed by atoms with Crippen molar-refractivity contribution in [3.63, 3.8) is 0 Å². The second-order valence-corrected chi connectivity index (χ2v) is 4.16. The summed E-state index contributed by atoms with van der Waals surface area (Å²) in [5.41, 5.74) is 0.450. The van der Waals surface area contributed by atoms with E-state index in [1.807, 2.05) is 0 Å². The van der Waals surface area contributed by atoms with Crippen LogP contribution >= 0.6 is 0 Å². The molecule has 0 aromatic heterocycles. The third kappa shape index (κ3) is 4.05. The van der Waals surface area contributed by atoms with Gasteiger partial charge in [0.1, 0.15) is 5.75 Å². The Bertz CT molecular complexity index is 533. The molecule has 0 heterocycles. The summed E-state index contributed by atoms with van der Waals surface area (Å²) in [6.07, 6.45) is -0.177. The molecule has 1 aromatic carbocycles. The van der Waals surface area contributed by atoms with Crippen molar-refractivity contribution in [3.8, 4) is 5.75 Å². The van der Waals surface area contributed by atoms with Crippen LogP contribution in [-0.2, 0) is 14.3 Å². The van der Waals surface area contributed by atoms with E-state index in [1.54, 1.807) is 19.1 Å². The summed E-state index contributed by atoms with van der Waals surface area (Å²) in [5.74, 6) is -1.24. The number of carbonyl (C=O) groups excluding carboxylic acids is 3. The number of aldehydes is 1. The minimum Gasteiger partial charge on any atom is -0.447 e. The standard InChI is InChI=1S/C15H16O5/c1-4-12(19-14(17)10(2)3)15(18)20-13-8-6-5-7-11(13)9-16/h5-9,12H,2,4H2,1,3H3. The van der Waals surface area contributed by atoms with Gasteiger partial charge in [-0.15, -0.1) is 0 Å². The highest BCUT2D eigenvalue weighted by Gasteiger charge is 2.24. The molecule has 0 aliphatic carbocycles. The first-order valence-corrected chi connectivity index (χ1v) is 6.12. The van der Waals surface area contributed by atoms with E-state index in [1.165, 1.54) is 19.1 Å². The molecule has 0 spiro atoms. The molecule has 1 rings (SSSR count). The number of para-hydroxylation sites is 1. The molecule has 0 bridgehead atoms. The minimum absolute atomic E-state index is 0.136. The molecule has 0 aliphatic heterocycles. The fourth-order valence-electron chi connectivity index (χ4n) is 1.37. The van der Waals surface area contributed by atoms with E-state index in [9.17, 15) is 14.4 Å². The second kappa shape index (κ2) is 7.23. The van der Waals surface area contributed by atoms with Crippen molar-refractivity contribution < 1.29 is 23.9 Å². The predicted octanol–water partition coefficient (Wildman–Crippen LogP) is 2.30. The summed E-state index contributed by atoms with van der Waals surface area (Å²) in [4.78, 5) is 34.2. The van der Waals surface area contributed by atoms with Gasteiger partial charge in [0, 0.05) is 5.57 Å². The number of carbonyl (C=O) groups is 3. The number of ether oxygens (including phenoxy) is 2. The van der Waals surface area contributed by atoms with Crippen molar-refractivity contribution in [2.45, 2.75) is 26.4 Å². The second-order valence-electron chi connectivity index (χ2n) is 4.16. The first kappa shape index (κ1) is 15.6. The lowest BCUT2D eigenvalue weighted by molar-refractivity contribution is -0.159. The van der Waals surface area contributed by atoms with Gasteiger partial charge in [0.15, 0.2) is 12.4 Å². The molecule has 1 unspecified atom stereocenters. The van der Waals surface area contributed by atoms with Crippen LogP contribution in [0.3, 0.4) is 0 Å². The maximum absolute atomic E-state index is 11.9. The average Bonchev–Trinajstić information content (AvgIpc) is 2.44. The van der Waals surface area contributed by atoms with Crippen LogP contribution in [0.4, 0.5) is 0 Å². The van der Waals surface area contributed by atoms with E-state index in [4.69, 9.17) is 9.47 Å². The summed E-state index contributed by atoms with van der Waals surface area (Å²) in [6.45, 7) is 6.61. The molecule has 0 saturated heterocycles. The molecule has 1 aromatic rings. The average molecular weight is 276 g/mol. The van der Waals surface area contributed by atoms with Gasteiger partial charge in [0.2, 0.25) is 0 Å². The lowest BCUT2D eigenvalue weighted by atomic mass is 10.2. The Morgan fingerprint density at radius 2 is 2.00 bits per heavy atom. The molecule has 0 fully saturated rings. The Labute approximate surface area is 117 Å². The summed E-state index contributed by atoms with van der Waals surface area (Å²) >= 11 is 0. The van der Waals surface area contributed by atoms with Gasteiger partial charge in [-0.2, -0.15) is 0 Å². The number of rotatable bonds is 6. The highest BCUT2D eigenvalue weighted by Crippen LogP contribution is 2.17. The van der Waals surface area contributed by atoms with E-state index >= 15 is 0 Å². The van der Waals surface area contributed by atoms with Crippen LogP contribution in [0.1, 0.15) is 30.6 Å². The lowest BCUT2D eigenvalue weighted by Gasteiger charge is -2.15. The smallest absolute Gasteiger partial charge is 0.352 e. The van der Waals surface area contributed by atoms with Crippen molar-refractivity contribution in [2.75, 3.05) is 0 Å². The topological polar surface area (TPSA) is 69.7 Å². The summed E-state index contributed by atoms with van der Waals surface area (Å²) in [6, 6.07) is 6.31. The maximum atomic E-state index is 11.9. The van der Waals surface area contributed by atoms with Crippen LogP contribution in [0.2, 0.25) is 0 Å². The monoisotopic (exact) mass is 276 g/mol. The zero-order chi connectivity index (χ0) is 15.1. The quantitative estimate of drug-likeness (QED) is 0.345. The largest absolute Gasteiger partial charge is 0.447 e. The van der Waals surface area contributed by atoms with Gasteiger partial charge in [0.05, 0.1) is 5.56 Å². The van der Waals surface area contributed by atoms with Crippen LogP contribution in [0.15, 0.2) is 36.4 Å². The fraction of sp³-hybridized carbons (Fsp3) is 0.267. The summed E-state index contributed by atoms with van der Waals surface area (Å²) in [7, 11) is 0. The Kier molecular flexibility index (Phi) is 5.65. The van der Waals surface area contributed by atoms with Gasteiger partial charge in [-0.25, -0.2) is 9.59 Å². The minimum atomic E-state index is -1.03. The third-order valence-electron chi connectivity index (χ3n) is 2.49. The van der Waals surface area contributed by atoms with Crippen LogP contribution in [-0.4, -0.2) is 24.3 Å². The molecule has 0 aliphatic rings. The normalized spacial score (nSPS) is 11.3. The lowest BCUT2D eigenvalue weighted by Crippen LogP contribution is -2.31. The van der Waals surface area contributed by atoms with Crippen LogP contribution in [0.25, 0.3) is 0 Å². The van der Waals surface area contributed by atoms with Crippen molar-refractivity contribution in [1.82, 2.24) is 0 Å². The molecule has 0 radical (unpaired) electrons. The third-order valence-corrected chi connectivity index (χ3v) is 2.49. The number of benzene rings is 1. The van der Waals surface area contributed by atoms with Crippen molar-refractivity contribution in [3.05, 3.63) is 42.0 Å². The Balaban J connectivity index is 2.80. The number of hydrogen-bond donors (Lipinski definition) is 0. The Hall–Kier alpha value is -2.43. The molecule has 0 saturated carbocycles. The van der Waals surface area contributed by atoms with Crippen molar-refractivity contribution >= 4 is 18.2 Å². The van der Waals surface area contributed by atoms with E-state index in [2.05, 4.69) is 6.58 Å². The molecule has 20 heavy (non-hydrogen) atoms. The van der Waals surface area contributed by atoms with Crippen LogP contribution in [0, 0.1) is 0 Å². The number of esters is 2. The zero-order valence-corrected chi connectivity index (χ0v) is 11.4. The van der Waals surface area contributed by atoms with Crippen molar-refractivity contribution in [2.24, 2.45) is 0 Å². The highest BCUT2D eigenvalue weighted by atomic mass is 16.6. The van der Waals surface area contributed by atoms with E-state index in [0.717, 1.165) is 0 Å². The predicted molar refractivity (Wildman–Crippen MR) is 72.4 cm³/mol. The molecule has 0 N–H and O–H groups in total. The first-order chi connectivity index (χ1) is 9.49. The van der Waals surface area contributed by atoms with Gasteiger partial charge < -0.3 is 9.47 Å². The molecule has 5 heteroatoms. The summed E-state index contributed by atoms with van der Waals surface area (Å²) in [5, 5.41) is 0. The van der Waals surface area contributed by atoms with Crippen molar-refractivity contribution in [1.29, 1.82) is 0 Å². The Morgan fingerprint density at radius 3 is 2.55 bits per heavy atom. The SMILES string of the molecule is C=C(C)C(=O)OC(CC)C(=O)Oc1ccccc1C=O. The molecule has 1 atom stereocenters. The van der Waals surface area contributed by atoms with Crippen LogP contribution in [0.5, 0.6) is 5.75 Å². The maximum Gasteiger partial charge on any atom is 0.352 e. The first-order valence-electron chi connectivity index (χ1n) is 6.12. The Morgan fingerprint density at radius 1 is 1.35 bits per heavy atom. The molecular formula is C15H16O5. The zero-order valence-electron chi connectivity index (χ0n) is 11.4. The van der Waals surface area contributed by atoms with Gasteiger partial charge in [-0.05, 0) is 25.5 Å². The summed E-state index contributed by atoms with van der Waals surface area (Å²) < 4.78 is 10.1. The van der Waals surface area contributed by atoms with E-state index in [-0.39, 0.29) is 23.3 Å². The molecule has 5 nitrogen and oxygen atoms in total. The van der Waals surface area contributed by atoms with Gasteiger partial charge >= 0.3 is 11.9 Å². The fourth-order valence-corrected chi connectivity index (χ4v) is 1.37. The molecule has 106 valence electrons. The number of hydrogen-bond acceptors (Lipinski definition) is 5. The van der Waals surface area contributed by atoms with Gasteiger partial charge in [0.25, 0.3) is 0 Å². The molecular weight excluding hydrogens is 260 g/mol. The van der Waals surface area contributed by atoms with E-state index < -0.39 is 18.0 Å². The highest BCUT2D eigenvalue weighted by molar-refractivity contribution is 5.90. The molecule has 0 amide bonds. The van der Waals surface area contributed by atoms with E-state index in [0.29, 0.717) is 6.29 Å².